The molecule has 0 radical (unpaired) electrons. The van der Waals surface area contributed by atoms with Gasteiger partial charge in [-0.1, -0.05) is 75.5 Å². The average molecular weight is 713 g/mol. The fourth-order valence-corrected chi connectivity index (χ4v) is 5.84. The van der Waals surface area contributed by atoms with Crippen LogP contribution in [0.4, 0.5) is 0 Å². The fourth-order valence-electron chi connectivity index (χ4n) is 5.06. The molecule has 4 aromatic carbocycles. The van der Waals surface area contributed by atoms with Gasteiger partial charge in [-0.25, -0.2) is 10.4 Å². The summed E-state index contributed by atoms with van der Waals surface area (Å²) in [4.78, 5) is 19.4. The van der Waals surface area contributed by atoms with Gasteiger partial charge in [-0.2, -0.15) is 0 Å². The summed E-state index contributed by atoms with van der Waals surface area (Å²) < 4.78 is 18.6. The zero-order valence-electron chi connectivity index (χ0n) is 24.4. The number of aliphatic hydroxyl groups is 1. The summed E-state index contributed by atoms with van der Waals surface area (Å²) in [6.45, 7) is 0.752. The molecule has 0 bridgehead atoms. The van der Waals surface area contributed by atoms with Crippen molar-refractivity contribution >= 4 is 50.9 Å². The van der Waals surface area contributed by atoms with E-state index in [-0.39, 0.29) is 18.9 Å². The van der Waals surface area contributed by atoms with Crippen LogP contribution in [0.3, 0.4) is 0 Å². The number of aliphatic hydroxyl groups excluding tert-OH is 1. The van der Waals surface area contributed by atoms with Crippen LogP contribution in [-0.2, 0) is 22.5 Å². The molecule has 0 fully saturated rings. The maximum Gasteiger partial charge on any atom is 0.266 e. The minimum Gasteiger partial charge on any atom is -0.496 e. The molecule has 0 saturated carbocycles. The van der Waals surface area contributed by atoms with E-state index in [0.717, 1.165) is 15.6 Å². The Balaban J connectivity index is 1.54. The molecule has 8 nitrogen and oxygen atoms in total. The minimum atomic E-state index is -1.47. The Morgan fingerprint density at radius 1 is 1.04 bits per heavy atom. The molecular formula is C34H32BrCl2N3O5. The van der Waals surface area contributed by atoms with Crippen LogP contribution in [-0.4, -0.2) is 42.8 Å². The molecule has 2 atom stereocenters. The first-order valence-electron chi connectivity index (χ1n) is 14.3. The van der Waals surface area contributed by atoms with Crippen LogP contribution < -0.4 is 20.3 Å². The monoisotopic (exact) mass is 711 g/mol. The second-order valence-corrected chi connectivity index (χ2v) is 12.1. The summed E-state index contributed by atoms with van der Waals surface area (Å²) >= 11 is 16.5. The van der Waals surface area contributed by atoms with E-state index in [1.807, 2.05) is 60.7 Å². The molecular weight excluding hydrogens is 681 g/mol. The Kier molecular flexibility index (Phi) is 11.0. The van der Waals surface area contributed by atoms with E-state index in [2.05, 4.69) is 26.8 Å². The van der Waals surface area contributed by atoms with Crippen LogP contribution in [0.25, 0.3) is 0 Å². The zero-order valence-corrected chi connectivity index (χ0v) is 27.5. The maximum absolute atomic E-state index is 14.4. The SMILES string of the molecule is COc1ccccc1CNNC(=O)[C@@]1(Cc2ccc(Br)cc2)N=C(c2ccc(OCCCO)cc2)O[C@H]1c1ccc(Cl)cc1Cl. The lowest BCUT2D eigenvalue weighted by Gasteiger charge is -2.31. The smallest absolute Gasteiger partial charge is 0.266 e. The minimum absolute atomic E-state index is 0.0492. The topological polar surface area (TPSA) is 101 Å². The third-order valence-electron chi connectivity index (χ3n) is 7.34. The van der Waals surface area contributed by atoms with Crippen molar-refractivity contribution in [3.8, 4) is 11.5 Å². The van der Waals surface area contributed by atoms with Crippen molar-refractivity contribution in [2.24, 2.45) is 4.99 Å². The number of ether oxygens (including phenoxy) is 3. The number of rotatable bonds is 13. The Labute approximate surface area is 280 Å². The van der Waals surface area contributed by atoms with Gasteiger partial charge in [-0.3, -0.25) is 10.2 Å². The van der Waals surface area contributed by atoms with Crippen LogP contribution in [0.15, 0.2) is 100 Å². The Morgan fingerprint density at radius 3 is 2.51 bits per heavy atom. The molecule has 1 amide bonds. The zero-order chi connectivity index (χ0) is 31.8. The second kappa shape index (κ2) is 15.1. The first-order valence-corrected chi connectivity index (χ1v) is 15.8. The highest BCUT2D eigenvalue weighted by Gasteiger charge is 2.54. The van der Waals surface area contributed by atoms with Gasteiger partial charge in [-0.15, -0.1) is 0 Å². The normalized spacial score (nSPS) is 17.4. The van der Waals surface area contributed by atoms with Crippen molar-refractivity contribution in [3.05, 3.63) is 128 Å². The van der Waals surface area contributed by atoms with Crippen molar-refractivity contribution < 1.29 is 24.1 Å². The lowest BCUT2D eigenvalue weighted by molar-refractivity contribution is -0.130. The lowest BCUT2D eigenvalue weighted by atomic mass is 9.82. The van der Waals surface area contributed by atoms with E-state index in [9.17, 15) is 4.79 Å². The lowest BCUT2D eigenvalue weighted by Crippen LogP contribution is -2.53. The first kappa shape index (κ1) is 32.8. The number of carbonyl (C=O) groups excluding carboxylic acids is 1. The molecule has 11 heteroatoms. The molecule has 1 aliphatic rings. The molecule has 5 rings (SSSR count). The van der Waals surface area contributed by atoms with Gasteiger partial charge in [0.1, 0.15) is 11.5 Å². The molecule has 0 aromatic heterocycles. The van der Waals surface area contributed by atoms with E-state index < -0.39 is 17.6 Å². The highest BCUT2D eigenvalue weighted by atomic mass is 79.9. The number of nitrogens with one attached hydrogen (secondary N) is 2. The number of amides is 1. The van der Waals surface area contributed by atoms with E-state index in [4.69, 9.17) is 47.5 Å². The van der Waals surface area contributed by atoms with Crippen LogP contribution >= 0.6 is 39.1 Å². The van der Waals surface area contributed by atoms with Gasteiger partial charge in [0, 0.05) is 57.2 Å². The number of methoxy groups -OCH3 is 1. The van der Waals surface area contributed by atoms with Crippen molar-refractivity contribution in [2.45, 2.75) is 31.0 Å². The van der Waals surface area contributed by atoms with Crippen LogP contribution in [0, 0.1) is 0 Å². The number of para-hydroxylation sites is 1. The molecule has 0 aliphatic carbocycles. The molecule has 4 aromatic rings. The first-order chi connectivity index (χ1) is 21.8. The summed E-state index contributed by atoms with van der Waals surface area (Å²) in [5, 5.41) is 9.87. The number of carbonyl (C=O) groups is 1. The third-order valence-corrected chi connectivity index (χ3v) is 8.43. The van der Waals surface area contributed by atoms with E-state index >= 15 is 0 Å². The largest absolute Gasteiger partial charge is 0.496 e. The van der Waals surface area contributed by atoms with Crippen molar-refractivity contribution in [1.29, 1.82) is 0 Å². The van der Waals surface area contributed by atoms with Gasteiger partial charge in [-0.05, 0) is 60.2 Å². The van der Waals surface area contributed by atoms with Gasteiger partial charge < -0.3 is 19.3 Å². The summed E-state index contributed by atoms with van der Waals surface area (Å²) in [7, 11) is 1.60. The average Bonchev–Trinajstić information content (AvgIpc) is 3.42. The van der Waals surface area contributed by atoms with E-state index in [1.54, 1.807) is 37.4 Å². The standard InChI is InChI=1S/C34H32BrCl2N3O5/c1-43-30-6-3-2-5-24(30)21-38-40-33(42)34(20-22-7-11-25(35)12-8-22)31(28-16-13-26(36)19-29(28)37)45-32(39-34)23-9-14-27(15-10-23)44-18-4-17-41/h2-3,5-16,19,31,38,41H,4,17-18,20-21H2,1H3,(H,40,42)/t31-,34-/m0/s1. The molecule has 1 aliphatic heterocycles. The Bertz CT molecular complexity index is 1650. The van der Waals surface area contributed by atoms with Crippen LogP contribution in [0.5, 0.6) is 11.5 Å². The molecule has 45 heavy (non-hydrogen) atoms. The molecule has 0 unspecified atom stereocenters. The van der Waals surface area contributed by atoms with Gasteiger partial charge in [0.2, 0.25) is 5.90 Å². The number of benzene rings is 4. The fraction of sp³-hybridized carbons (Fsp3) is 0.235. The van der Waals surface area contributed by atoms with Crippen LogP contribution in [0.1, 0.15) is 34.8 Å². The number of aliphatic imine (C=N–C) groups is 1. The van der Waals surface area contributed by atoms with Gasteiger partial charge in [0.25, 0.3) is 5.91 Å². The Morgan fingerprint density at radius 2 is 1.80 bits per heavy atom. The molecule has 0 saturated heterocycles. The number of hydrogen-bond donors (Lipinski definition) is 3. The summed E-state index contributed by atoms with van der Waals surface area (Å²) in [6, 6.07) is 27.6. The number of hydrogen-bond acceptors (Lipinski definition) is 7. The third kappa shape index (κ3) is 7.80. The maximum atomic E-state index is 14.4. The highest BCUT2D eigenvalue weighted by molar-refractivity contribution is 9.10. The van der Waals surface area contributed by atoms with E-state index in [0.29, 0.717) is 52.2 Å². The number of halogens is 3. The summed E-state index contributed by atoms with van der Waals surface area (Å²) in [5.74, 6) is 1.21. The van der Waals surface area contributed by atoms with Gasteiger partial charge in [0.15, 0.2) is 11.6 Å². The van der Waals surface area contributed by atoms with Crippen LogP contribution in [0.2, 0.25) is 10.0 Å². The molecule has 1 heterocycles. The summed E-state index contributed by atoms with van der Waals surface area (Å²) in [5.41, 5.74) is 7.44. The Hall–Kier alpha value is -3.60. The summed E-state index contributed by atoms with van der Waals surface area (Å²) in [6.07, 6.45) is -0.160. The van der Waals surface area contributed by atoms with Crippen molar-refractivity contribution in [1.82, 2.24) is 10.9 Å². The molecule has 234 valence electrons. The van der Waals surface area contributed by atoms with Gasteiger partial charge >= 0.3 is 0 Å². The quantitative estimate of drug-likeness (QED) is 0.104. The number of hydrazine groups is 1. The number of nitrogens with zero attached hydrogens (tertiary/aromatic N) is 1. The molecule has 3 N–H and O–H groups in total. The predicted octanol–water partition coefficient (Wildman–Crippen LogP) is 6.85. The van der Waals surface area contributed by atoms with Crippen molar-refractivity contribution in [2.75, 3.05) is 20.3 Å². The molecule has 0 spiro atoms. The van der Waals surface area contributed by atoms with E-state index in [1.165, 1.54) is 0 Å². The highest BCUT2D eigenvalue weighted by Crippen LogP contribution is 2.45. The second-order valence-electron chi connectivity index (χ2n) is 10.4. The van der Waals surface area contributed by atoms with Gasteiger partial charge in [0.05, 0.1) is 13.7 Å². The predicted molar refractivity (Wildman–Crippen MR) is 179 cm³/mol. The van der Waals surface area contributed by atoms with Crippen molar-refractivity contribution in [3.63, 3.8) is 0 Å².